The predicted octanol–water partition coefficient (Wildman–Crippen LogP) is 2.82. The van der Waals surface area contributed by atoms with Crippen molar-refractivity contribution in [2.24, 2.45) is 0 Å². The van der Waals surface area contributed by atoms with Gasteiger partial charge in [0.2, 0.25) is 0 Å². The first-order chi connectivity index (χ1) is 12.4. The van der Waals surface area contributed by atoms with Gasteiger partial charge in [0, 0.05) is 31.5 Å². The van der Waals surface area contributed by atoms with E-state index >= 15 is 0 Å². The molecule has 4 rings (SSSR count). The Morgan fingerprint density at radius 1 is 1.00 bits per heavy atom. The molecular formula is C20H25N3O2. The third kappa shape index (κ3) is 4.24. The molecule has 2 aromatic rings. The molecular weight excluding hydrogens is 314 g/mol. The first-order valence-electron chi connectivity index (χ1n) is 9.15. The van der Waals surface area contributed by atoms with Crippen molar-refractivity contribution < 1.29 is 9.47 Å². The molecule has 0 radical (unpaired) electrons. The van der Waals surface area contributed by atoms with Crippen LogP contribution < -0.4 is 0 Å². The number of pyridine rings is 2. The van der Waals surface area contributed by atoms with Crippen molar-refractivity contribution in [3.8, 4) is 0 Å². The number of hydrogen-bond donors (Lipinski definition) is 0. The van der Waals surface area contributed by atoms with Gasteiger partial charge in [-0.2, -0.15) is 0 Å². The van der Waals surface area contributed by atoms with Crippen LogP contribution in [0.15, 0.2) is 48.8 Å². The average molecular weight is 339 g/mol. The lowest BCUT2D eigenvalue weighted by molar-refractivity contribution is -0.102. The quantitative estimate of drug-likeness (QED) is 0.810. The minimum Gasteiger partial charge on any atom is -0.372 e. The van der Waals surface area contributed by atoms with Crippen molar-refractivity contribution in [3.63, 3.8) is 0 Å². The second-order valence-corrected chi connectivity index (χ2v) is 6.86. The maximum Gasteiger partial charge on any atom is 0.0889 e. The molecule has 4 heterocycles. The SMILES string of the molecule is c1ccc(COC[C@H]2CC[C@H]3[C@H](CCN3Cc3ccccn3)O2)nc1. The fraction of sp³-hybridized carbons (Fsp3) is 0.500. The summed E-state index contributed by atoms with van der Waals surface area (Å²) in [5, 5.41) is 0. The molecule has 3 atom stereocenters. The molecule has 2 saturated heterocycles. The summed E-state index contributed by atoms with van der Waals surface area (Å²) in [6.07, 6.45) is 7.55. The fourth-order valence-electron chi connectivity index (χ4n) is 3.88. The van der Waals surface area contributed by atoms with Crippen LogP contribution in [-0.4, -0.2) is 46.3 Å². The van der Waals surface area contributed by atoms with Crippen LogP contribution in [0.3, 0.4) is 0 Å². The molecule has 0 amide bonds. The highest BCUT2D eigenvalue weighted by Gasteiger charge is 2.39. The Morgan fingerprint density at radius 3 is 2.56 bits per heavy atom. The van der Waals surface area contributed by atoms with E-state index in [2.05, 4.69) is 27.0 Å². The van der Waals surface area contributed by atoms with E-state index in [1.165, 1.54) is 6.42 Å². The van der Waals surface area contributed by atoms with Gasteiger partial charge >= 0.3 is 0 Å². The normalized spacial score (nSPS) is 26.5. The van der Waals surface area contributed by atoms with E-state index in [-0.39, 0.29) is 6.10 Å². The monoisotopic (exact) mass is 339 g/mol. The first kappa shape index (κ1) is 16.6. The molecule has 2 fully saturated rings. The van der Waals surface area contributed by atoms with Crippen LogP contribution in [-0.2, 0) is 22.6 Å². The van der Waals surface area contributed by atoms with Gasteiger partial charge in [0.1, 0.15) is 0 Å². The van der Waals surface area contributed by atoms with Gasteiger partial charge in [-0.1, -0.05) is 12.1 Å². The Hall–Kier alpha value is -1.82. The molecule has 2 aliphatic rings. The summed E-state index contributed by atoms with van der Waals surface area (Å²) >= 11 is 0. The van der Waals surface area contributed by atoms with Crippen molar-refractivity contribution >= 4 is 0 Å². The molecule has 2 aromatic heterocycles. The van der Waals surface area contributed by atoms with Gasteiger partial charge in [0.15, 0.2) is 0 Å². The Bertz CT molecular complexity index is 653. The molecule has 0 spiro atoms. The second-order valence-electron chi connectivity index (χ2n) is 6.86. The lowest BCUT2D eigenvalue weighted by atomic mass is 9.99. The third-order valence-corrected chi connectivity index (χ3v) is 5.12. The zero-order valence-corrected chi connectivity index (χ0v) is 14.5. The van der Waals surface area contributed by atoms with Gasteiger partial charge in [-0.15, -0.1) is 0 Å². The number of aromatic nitrogens is 2. The molecule has 25 heavy (non-hydrogen) atoms. The molecule has 0 saturated carbocycles. The number of hydrogen-bond acceptors (Lipinski definition) is 5. The van der Waals surface area contributed by atoms with Gasteiger partial charge in [-0.3, -0.25) is 14.9 Å². The summed E-state index contributed by atoms with van der Waals surface area (Å²) in [4.78, 5) is 11.3. The molecule has 0 aliphatic carbocycles. The van der Waals surface area contributed by atoms with Gasteiger partial charge in [0.05, 0.1) is 36.8 Å². The van der Waals surface area contributed by atoms with Crippen molar-refractivity contribution in [1.82, 2.24) is 14.9 Å². The summed E-state index contributed by atoms with van der Waals surface area (Å²) in [7, 11) is 0. The maximum atomic E-state index is 6.31. The van der Waals surface area contributed by atoms with Crippen molar-refractivity contribution in [3.05, 3.63) is 60.2 Å². The summed E-state index contributed by atoms with van der Waals surface area (Å²) in [5.74, 6) is 0. The van der Waals surface area contributed by atoms with E-state index in [4.69, 9.17) is 9.47 Å². The van der Waals surface area contributed by atoms with Crippen LogP contribution in [0.5, 0.6) is 0 Å². The van der Waals surface area contributed by atoms with Crippen LogP contribution in [0.1, 0.15) is 30.7 Å². The largest absolute Gasteiger partial charge is 0.372 e. The summed E-state index contributed by atoms with van der Waals surface area (Å²) in [5.41, 5.74) is 2.11. The van der Waals surface area contributed by atoms with Crippen LogP contribution in [0, 0.1) is 0 Å². The van der Waals surface area contributed by atoms with E-state index < -0.39 is 0 Å². The number of fused-ring (bicyclic) bond motifs is 1. The van der Waals surface area contributed by atoms with Crippen LogP contribution >= 0.6 is 0 Å². The molecule has 0 unspecified atom stereocenters. The van der Waals surface area contributed by atoms with E-state index in [1.807, 2.05) is 30.5 Å². The summed E-state index contributed by atoms with van der Waals surface area (Å²) in [6.45, 7) is 3.22. The standard InChI is InChI=1S/C20H25N3O2/c1-3-10-21-16(5-1)13-23-12-9-20-19(23)8-7-18(25-20)15-24-14-17-6-2-4-11-22-17/h1-6,10-11,18-20H,7-9,12-15H2/t18-,19+,20+/m1/s1. The van der Waals surface area contributed by atoms with Crippen molar-refractivity contribution in [2.75, 3.05) is 13.2 Å². The lowest BCUT2D eigenvalue weighted by Gasteiger charge is -2.35. The van der Waals surface area contributed by atoms with E-state index in [1.54, 1.807) is 6.20 Å². The Morgan fingerprint density at radius 2 is 1.80 bits per heavy atom. The Labute approximate surface area is 149 Å². The first-order valence-corrected chi connectivity index (χ1v) is 9.15. The molecule has 0 N–H and O–H groups in total. The average Bonchev–Trinajstić information content (AvgIpc) is 3.06. The van der Waals surface area contributed by atoms with Crippen molar-refractivity contribution in [1.29, 1.82) is 0 Å². The fourth-order valence-corrected chi connectivity index (χ4v) is 3.88. The van der Waals surface area contributed by atoms with E-state index in [0.717, 1.165) is 37.3 Å². The lowest BCUT2D eigenvalue weighted by Crippen LogP contribution is -2.43. The number of ether oxygens (including phenoxy) is 2. The summed E-state index contributed by atoms with van der Waals surface area (Å²) in [6, 6.07) is 12.6. The zero-order chi connectivity index (χ0) is 16.9. The molecule has 0 bridgehead atoms. The smallest absolute Gasteiger partial charge is 0.0889 e. The molecule has 5 heteroatoms. The number of rotatable bonds is 6. The number of likely N-dealkylation sites (tertiary alicyclic amines) is 1. The maximum absolute atomic E-state index is 6.31. The van der Waals surface area contributed by atoms with Crippen LogP contribution in [0.2, 0.25) is 0 Å². The van der Waals surface area contributed by atoms with Gasteiger partial charge in [-0.05, 0) is 43.5 Å². The zero-order valence-electron chi connectivity index (χ0n) is 14.5. The van der Waals surface area contributed by atoms with Gasteiger partial charge in [0.25, 0.3) is 0 Å². The molecule has 0 aromatic carbocycles. The van der Waals surface area contributed by atoms with Crippen molar-refractivity contribution in [2.45, 2.75) is 50.7 Å². The highest BCUT2D eigenvalue weighted by Crippen LogP contribution is 2.32. The summed E-state index contributed by atoms with van der Waals surface area (Å²) < 4.78 is 12.1. The highest BCUT2D eigenvalue weighted by atomic mass is 16.5. The van der Waals surface area contributed by atoms with E-state index in [9.17, 15) is 0 Å². The second kappa shape index (κ2) is 8.04. The Kier molecular flexibility index (Phi) is 5.35. The highest BCUT2D eigenvalue weighted by molar-refractivity contribution is 5.05. The minimum absolute atomic E-state index is 0.208. The third-order valence-electron chi connectivity index (χ3n) is 5.12. The van der Waals surface area contributed by atoms with Crippen LogP contribution in [0.4, 0.5) is 0 Å². The van der Waals surface area contributed by atoms with Gasteiger partial charge in [-0.25, -0.2) is 0 Å². The molecule has 132 valence electrons. The molecule has 5 nitrogen and oxygen atoms in total. The number of nitrogens with zero attached hydrogens (tertiary/aromatic N) is 3. The van der Waals surface area contributed by atoms with E-state index in [0.29, 0.717) is 25.4 Å². The topological polar surface area (TPSA) is 47.5 Å². The Balaban J connectivity index is 1.24. The van der Waals surface area contributed by atoms with Gasteiger partial charge < -0.3 is 9.47 Å². The van der Waals surface area contributed by atoms with Crippen LogP contribution in [0.25, 0.3) is 0 Å². The minimum atomic E-state index is 0.208. The molecule has 2 aliphatic heterocycles. The predicted molar refractivity (Wildman–Crippen MR) is 94.8 cm³/mol.